The third-order valence-electron chi connectivity index (χ3n) is 3.18. The van der Waals surface area contributed by atoms with Crippen molar-refractivity contribution in [2.45, 2.75) is 24.0 Å². The molecule has 0 amide bonds. The number of sulfonamides is 1. The Bertz CT molecular complexity index is 594. The Labute approximate surface area is 117 Å². The van der Waals surface area contributed by atoms with Crippen molar-refractivity contribution in [3.8, 4) is 0 Å². The van der Waals surface area contributed by atoms with Crippen LogP contribution in [0.2, 0.25) is 0 Å². The summed E-state index contributed by atoms with van der Waals surface area (Å²) in [6.07, 6.45) is -0.245. The van der Waals surface area contributed by atoms with Crippen LogP contribution in [-0.4, -0.2) is 40.3 Å². The van der Waals surface area contributed by atoms with Gasteiger partial charge >= 0.3 is 0 Å². The minimum absolute atomic E-state index is 0.0744. The average Bonchev–Trinajstić information content (AvgIpc) is 2.36. The number of nitrogens with zero attached hydrogens (tertiary/aromatic N) is 1. The highest BCUT2D eigenvalue weighted by molar-refractivity contribution is 7.89. The van der Waals surface area contributed by atoms with Crippen molar-refractivity contribution in [1.82, 2.24) is 0 Å². The van der Waals surface area contributed by atoms with Gasteiger partial charge in [0.15, 0.2) is 0 Å². The molecule has 2 rings (SSSR count). The van der Waals surface area contributed by atoms with Crippen LogP contribution in [0.3, 0.4) is 0 Å². The summed E-state index contributed by atoms with van der Waals surface area (Å²) in [5.41, 5.74) is 5.91. The van der Waals surface area contributed by atoms with E-state index in [4.69, 9.17) is 15.6 Å². The predicted molar refractivity (Wildman–Crippen MR) is 73.4 cm³/mol. The molecule has 0 bridgehead atoms. The summed E-state index contributed by atoms with van der Waals surface area (Å²) >= 11 is 0. The lowest BCUT2D eigenvalue weighted by molar-refractivity contribution is -0.0106. The van der Waals surface area contributed by atoms with Gasteiger partial charge in [0, 0.05) is 19.6 Å². The van der Waals surface area contributed by atoms with Gasteiger partial charge in [0.1, 0.15) is 5.82 Å². The molecule has 1 aliphatic rings. The fraction of sp³-hybridized carbons (Fsp3) is 0.500. The summed E-state index contributed by atoms with van der Waals surface area (Å²) in [5.74, 6) is -0.624. The van der Waals surface area contributed by atoms with Gasteiger partial charge in [0.05, 0.1) is 22.8 Å². The third-order valence-corrected chi connectivity index (χ3v) is 4.09. The lowest BCUT2D eigenvalue weighted by Crippen LogP contribution is -2.49. The Morgan fingerprint density at radius 2 is 2.15 bits per heavy atom. The van der Waals surface area contributed by atoms with Crippen molar-refractivity contribution in [3.63, 3.8) is 0 Å². The number of halogens is 1. The van der Waals surface area contributed by atoms with Gasteiger partial charge in [-0.3, -0.25) is 0 Å². The number of hydrogen-bond acceptors (Lipinski definition) is 5. The molecule has 2 unspecified atom stereocenters. The number of ether oxygens (including phenoxy) is 1. The minimum Gasteiger partial charge on any atom is -0.370 e. The zero-order chi connectivity index (χ0) is 14.9. The van der Waals surface area contributed by atoms with Gasteiger partial charge in [0.25, 0.3) is 0 Å². The molecular formula is C12H18FN3O3S. The molecule has 0 radical (unpaired) electrons. The molecule has 6 nitrogen and oxygen atoms in total. The molecule has 4 N–H and O–H groups in total. The van der Waals surface area contributed by atoms with Gasteiger partial charge in [0.2, 0.25) is 10.0 Å². The molecule has 1 fully saturated rings. The van der Waals surface area contributed by atoms with Gasteiger partial charge in [-0.15, -0.1) is 0 Å². The maximum absolute atomic E-state index is 14.1. The van der Waals surface area contributed by atoms with Gasteiger partial charge < -0.3 is 15.4 Å². The minimum atomic E-state index is -3.90. The molecule has 1 aromatic rings. The van der Waals surface area contributed by atoms with Gasteiger partial charge in [-0.1, -0.05) is 0 Å². The van der Waals surface area contributed by atoms with E-state index >= 15 is 0 Å². The van der Waals surface area contributed by atoms with Crippen molar-refractivity contribution in [2.24, 2.45) is 10.9 Å². The van der Waals surface area contributed by atoms with Crippen LogP contribution in [0.4, 0.5) is 10.1 Å². The third kappa shape index (κ3) is 3.26. The number of nitrogens with two attached hydrogens (primary N) is 2. The molecule has 1 aliphatic heterocycles. The smallest absolute Gasteiger partial charge is 0.238 e. The molecule has 0 saturated carbocycles. The van der Waals surface area contributed by atoms with Crippen molar-refractivity contribution >= 4 is 15.7 Å². The second-order valence-corrected chi connectivity index (χ2v) is 6.43. The second kappa shape index (κ2) is 5.65. The highest BCUT2D eigenvalue weighted by Crippen LogP contribution is 2.25. The molecule has 0 aliphatic carbocycles. The van der Waals surface area contributed by atoms with Gasteiger partial charge in [-0.25, -0.2) is 17.9 Å². The fourth-order valence-electron chi connectivity index (χ4n) is 2.29. The van der Waals surface area contributed by atoms with Crippen LogP contribution in [0.1, 0.15) is 6.92 Å². The van der Waals surface area contributed by atoms with E-state index in [1.54, 1.807) is 4.90 Å². The second-order valence-electron chi connectivity index (χ2n) is 4.87. The summed E-state index contributed by atoms with van der Waals surface area (Å²) in [4.78, 5) is 1.56. The number of rotatable bonds is 3. The SMILES string of the molecule is CC1CN(c2ccc(S(N)(=O)=O)cc2F)CC(CN)O1. The van der Waals surface area contributed by atoms with E-state index in [2.05, 4.69) is 0 Å². The zero-order valence-corrected chi connectivity index (χ0v) is 11.9. The number of benzene rings is 1. The van der Waals surface area contributed by atoms with Crippen molar-refractivity contribution < 1.29 is 17.5 Å². The first-order valence-corrected chi connectivity index (χ1v) is 7.78. The predicted octanol–water partition coefficient (Wildman–Crippen LogP) is 0.0255. The summed E-state index contributed by atoms with van der Waals surface area (Å²) in [6, 6.07) is 3.65. The average molecular weight is 303 g/mol. The van der Waals surface area contributed by atoms with Crippen LogP contribution in [0, 0.1) is 5.82 Å². The van der Waals surface area contributed by atoms with Crippen molar-refractivity contribution in [2.75, 3.05) is 24.5 Å². The molecule has 0 aromatic heterocycles. The topological polar surface area (TPSA) is 98.7 Å². The molecule has 112 valence electrons. The van der Waals surface area contributed by atoms with Crippen LogP contribution in [0.5, 0.6) is 0 Å². The Morgan fingerprint density at radius 3 is 2.70 bits per heavy atom. The Morgan fingerprint density at radius 1 is 1.45 bits per heavy atom. The number of hydrogen-bond donors (Lipinski definition) is 2. The van der Waals surface area contributed by atoms with Crippen LogP contribution >= 0.6 is 0 Å². The van der Waals surface area contributed by atoms with E-state index in [-0.39, 0.29) is 17.1 Å². The Hall–Kier alpha value is -1.22. The van der Waals surface area contributed by atoms with Gasteiger partial charge in [-0.05, 0) is 25.1 Å². The normalized spacial score (nSPS) is 23.9. The van der Waals surface area contributed by atoms with E-state index in [9.17, 15) is 12.8 Å². The van der Waals surface area contributed by atoms with Gasteiger partial charge in [-0.2, -0.15) is 0 Å². The molecule has 20 heavy (non-hydrogen) atoms. The molecule has 1 aromatic carbocycles. The molecule has 0 spiro atoms. The van der Waals surface area contributed by atoms with E-state index in [1.807, 2.05) is 6.92 Å². The molecular weight excluding hydrogens is 285 g/mol. The summed E-state index contributed by atoms with van der Waals surface area (Å²) < 4.78 is 42.1. The zero-order valence-electron chi connectivity index (χ0n) is 11.1. The molecule has 8 heteroatoms. The van der Waals surface area contributed by atoms with Crippen LogP contribution in [0.25, 0.3) is 0 Å². The Balaban J connectivity index is 2.29. The lowest BCUT2D eigenvalue weighted by Gasteiger charge is -2.37. The standard InChI is InChI=1S/C12H18FN3O3S/c1-8-6-16(7-9(5-14)19-8)12-3-2-10(4-11(12)13)20(15,17)18/h2-4,8-9H,5-7,14H2,1H3,(H2,15,17,18). The highest BCUT2D eigenvalue weighted by atomic mass is 32.2. The van der Waals surface area contributed by atoms with Crippen LogP contribution in [0.15, 0.2) is 23.1 Å². The number of primary sulfonamides is 1. The maximum atomic E-state index is 14.1. The first-order chi connectivity index (χ1) is 9.31. The number of anilines is 1. The van der Waals surface area contributed by atoms with E-state index in [0.717, 1.165) is 6.07 Å². The monoisotopic (exact) mass is 303 g/mol. The Kier molecular flexibility index (Phi) is 4.28. The van der Waals surface area contributed by atoms with E-state index in [1.165, 1.54) is 12.1 Å². The quantitative estimate of drug-likeness (QED) is 0.820. The highest BCUT2D eigenvalue weighted by Gasteiger charge is 2.26. The van der Waals surface area contributed by atoms with Crippen LogP contribution < -0.4 is 15.8 Å². The summed E-state index contributed by atoms with van der Waals surface area (Å²) in [7, 11) is -3.90. The van der Waals surface area contributed by atoms with Crippen molar-refractivity contribution in [1.29, 1.82) is 0 Å². The fourth-order valence-corrected chi connectivity index (χ4v) is 2.82. The lowest BCUT2D eigenvalue weighted by atomic mass is 10.2. The van der Waals surface area contributed by atoms with E-state index < -0.39 is 15.8 Å². The molecule has 1 saturated heterocycles. The molecule has 2 atom stereocenters. The number of morpholine rings is 1. The van der Waals surface area contributed by atoms with Crippen LogP contribution in [-0.2, 0) is 14.8 Å². The van der Waals surface area contributed by atoms with E-state index in [0.29, 0.717) is 25.3 Å². The first-order valence-electron chi connectivity index (χ1n) is 6.24. The largest absolute Gasteiger partial charge is 0.370 e. The maximum Gasteiger partial charge on any atom is 0.238 e. The van der Waals surface area contributed by atoms with Crippen molar-refractivity contribution in [3.05, 3.63) is 24.0 Å². The first kappa shape index (κ1) is 15.2. The molecule has 1 heterocycles. The summed E-state index contributed by atoms with van der Waals surface area (Å²) in [6.45, 7) is 3.21. The summed E-state index contributed by atoms with van der Waals surface area (Å²) in [5, 5.41) is 4.98.